The molecule has 4 amide bonds. The third kappa shape index (κ3) is 4.02. The van der Waals surface area contributed by atoms with Gasteiger partial charge in [-0.25, -0.2) is 9.69 Å². The van der Waals surface area contributed by atoms with Gasteiger partial charge in [0.1, 0.15) is 17.8 Å². The van der Waals surface area contributed by atoms with Crippen LogP contribution < -0.4 is 15.0 Å². The molecule has 2 atom stereocenters. The van der Waals surface area contributed by atoms with Crippen LogP contribution in [-0.2, 0) is 16.0 Å². The number of para-hydroxylation sites is 2. The van der Waals surface area contributed by atoms with Gasteiger partial charge in [0.05, 0.1) is 25.0 Å². The average Bonchev–Trinajstić information content (AvgIpc) is 3.46. The summed E-state index contributed by atoms with van der Waals surface area (Å²) in [5.74, 6) is -0.0375. The number of nitrogens with one attached hydrogen (secondary N) is 2. The van der Waals surface area contributed by atoms with E-state index in [9.17, 15) is 14.4 Å². The molecule has 2 N–H and O–H groups in total. The number of hydrogen-bond acceptors (Lipinski definition) is 5. The molecule has 2 aliphatic rings. The van der Waals surface area contributed by atoms with Crippen molar-refractivity contribution in [3.05, 3.63) is 95.2 Å². The van der Waals surface area contributed by atoms with Crippen LogP contribution >= 0.6 is 0 Å². The van der Waals surface area contributed by atoms with E-state index in [-0.39, 0.29) is 23.1 Å². The lowest BCUT2D eigenvalue weighted by molar-refractivity contribution is -0.120. The van der Waals surface area contributed by atoms with Gasteiger partial charge in [-0.2, -0.15) is 0 Å². The molecule has 3 heterocycles. The molecule has 6 rings (SSSR count). The summed E-state index contributed by atoms with van der Waals surface area (Å²) >= 11 is 0. The Bertz CT molecular complexity index is 1580. The van der Waals surface area contributed by atoms with Gasteiger partial charge < -0.3 is 19.8 Å². The Morgan fingerprint density at radius 2 is 1.74 bits per heavy atom. The third-order valence-corrected chi connectivity index (χ3v) is 7.46. The summed E-state index contributed by atoms with van der Waals surface area (Å²) in [6.07, 6.45) is 0.370. The Balaban J connectivity index is 1.45. The monoisotopic (exact) mass is 524 g/mol. The number of aromatic nitrogens is 1. The van der Waals surface area contributed by atoms with E-state index in [0.717, 1.165) is 32.6 Å². The lowest BCUT2D eigenvalue weighted by Crippen LogP contribution is -2.44. The standard InChI is InChI=1S/C30H28N4O5/c1-38-16-15-31-28(35)21-8-4-6-10-24(21)34-29(36)25-17-22-20-7-3-5-9-23(20)32-26(22)27(33(25)30(34)37)18-11-13-19(39-2)14-12-18/h3-14,25,27,32H,15-17H2,1-2H3,(H,31,35)/t25-,27+/m0/s1. The number of carbonyl (C=O) groups excluding carboxylic acids is 3. The van der Waals surface area contributed by atoms with Crippen molar-refractivity contribution < 1.29 is 23.9 Å². The van der Waals surface area contributed by atoms with Crippen LogP contribution in [0.15, 0.2) is 72.8 Å². The van der Waals surface area contributed by atoms with Crippen molar-refractivity contribution in [2.24, 2.45) is 0 Å². The zero-order chi connectivity index (χ0) is 27.1. The van der Waals surface area contributed by atoms with Gasteiger partial charge in [-0.15, -0.1) is 0 Å². The second kappa shape index (κ2) is 9.92. The normalized spacial score (nSPS) is 18.3. The molecule has 39 heavy (non-hydrogen) atoms. The number of H-pyrrole nitrogens is 1. The minimum Gasteiger partial charge on any atom is -0.497 e. The number of benzene rings is 3. The molecule has 9 nitrogen and oxygen atoms in total. The van der Waals surface area contributed by atoms with Crippen LogP contribution in [0.3, 0.4) is 0 Å². The molecule has 2 aliphatic heterocycles. The number of ether oxygens (including phenoxy) is 2. The molecule has 3 aromatic carbocycles. The Hall–Kier alpha value is -4.63. The van der Waals surface area contributed by atoms with Gasteiger partial charge in [0.15, 0.2) is 0 Å². The van der Waals surface area contributed by atoms with Gasteiger partial charge in [0.25, 0.3) is 11.8 Å². The Labute approximate surface area is 225 Å². The maximum Gasteiger partial charge on any atom is 0.332 e. The van der Waals surface area contributed by atoms with E-state index in [1.807, 2.05) is 48.5 Å². The molecule has 1 fully saturated rings. The van der Waals surface area contributed by atoms with Crippen LogP contribution in [0.25, 0.3) is 10.9 Å². The Morgan fingerprint density at radius 3 is 2.51 bits per heavy atom. The van der Waals surface area contributed by atoms with Crippen molar-refractivity contribution in [3.8, 4) is 5.75 Å². The van der Waals surface area contributed by atoms with Crippen molar-refractivity contribution in [2.75, 3.05) is 32.3 Å². The molecular weight excluding hydrogens is 496 g/mol. The molecule has 0 bridgehead atoms. The first-order valence-electron chi connectivity index (χ1n) is 12.8. The second-order valence-corrected chi connectivity index (χ2v) is 9.59. The molecule has 4 aromatic rings. The highest BCUT2D eigenvalue weighted by Crippen LogP contribution is 2.45. The average molecular weight is 525 g/mol. The van der Waals surface area contributed by atoms with Crippen molar-refractivity contribution in [1.29, 1.82) is 0 Å². The maximum absolute atomic E-state index is 14.2. The Morgan fingerprint density at radius 1 is 1.00 bits per heavy atom. The first-order chi connectivity index (χ1) is 19.0. The highest BCUT2D eigenvalue weighted by Gasteiger charge is 2.53. The summed E-state index contributed by atoms with van der Waals surface area (Å²) < 4.78 is 10.4. The number of fused-ring (bicyclic) bond motifs is 4. The maximum atomic E-state index is 14.2. The zero-order valence-corrected chi connectivity index (χ0v) is 21.6. The molecule has 1 aromatic heterocycles. The number of anilines is 1. The van der Waals surface area contributed by atoms with Gasteiger partial charge in [0, 0.05) is 36.7 Å². The van der Waals surface area contributed by atoms with Gasteiger partial charge in [0.2, 0.25) is 0 Å². The summed E-state index contributed by atoms with van der Waals surface area (Å²) in [4.78, 5) is 47.5. The van der Waals surface area contributed by atoms with Crippen LogP contribution in [0, 0.1) is 0 Å². The largest absolute Gasteiger partial charge is 0.497 e. The fraction of sp³-hybridized carbons (Fsp3) is 0.233. The number of nitrogens with zero attached hydrogens (tertiary/aromatic N) is 2. The van der Waals surface area contributed by atoms with Gasteiger partial charge in [-0.05, 0) is 41.5 Å². The fourth-order valence-electron chi connectivity index (χ4n) is 5.65. The quantitative estimate of drug-likeness (QED) is 0.281. The van der Waals surface area contributed by atoms with E-state index in [0.29, 0.717) is 25.3 Å². The van der Waals surface area contributed by atoms with E-state index in [4.69, 9.17) is 9.47 Å². The molecule has 1 saturated heterocycles. The summed E-state index contributed by atoms with van der Waals surface area (Å²) in [5.41, 5.74) is 4.21. The number of hydrogen-bond donors (Lipinski definition) is 2. The lowest BCUT2D eigenvalue weighted by Gasteiger charge is -2.36. The predicted molar refractivity (Wildman–Crippen MR) is 146 cm³/mol. The SMILES string of the molecule is COCCNC(=O)c1ccccc1N1C(=O)[C@@H]2Cc3c([nH]c4ccccc34)[C@@H](c3ccc(OC)cc3)N2C1=O. The van der Waals surface area contributed by atoms with Gasteiger partial charge >= 0.3 is 6.03 Å². The molecule has 0 saturated carbocycles. The fourth-order valence-corrected chi connectivity index (χ4v) is 5.65. The van der Waals surface area contributed by atoms with Crippen molar-refractivity contribution in [3.63, 3.8) is 0 Å². The molecule has 0 radical (unpaired) electrons. The second-order valence-electron chi connectivity index (χ2n) is 9.59. The molecule has 9 heteroatoms. The summed E-state index contributed by atoms with van der Waals surface area (Å²) in [6, 6.07) is 20.5. The minimum atomic E-state index is -0.721. The van der Waals surface area contributed by atoms with Crippen LogP contribution in [0.4, 0.5) is 10.5 Å². The first-order valence-corrected chi connectivity index (χ1v) is 12.8. The molecule has 0 spiro atoms. The van der Waals surface area contributed by atoms with E-state index in [1.165, 1.54) is 0 Å². The molecule has 0 unspecified atom stereocenters. The smallest absolute Gasteiger partial charge is 0.332 e. The van der Waals surface area contributed by atoms with E-state index >= 15 is 0 Å². The third-order valence-electron chi connectivity index (χ3n) is 7.46. The van der Waals surface area contributed by atoms with Crippen LogP contribution in [0.1, 0.15) is 33.2 Å². The minimum absolute atomic E-state index is 0.250. The summed E-state index contributed by atoms with van der Waals surface area (Å²) in [6.45, 7) is 0.655. The number of rotatable bonds is 7. The number of amides is 4. The van der Waals surface area contributed by atoms with Crippen LogP contribution in [0.2, 0.25) is 0 Å². The highest BCUT2D eigenvalue weighted by atomic mass is 16.5. The molecule has 198 valence electrons. The number of methoxy groups -OCH3 is 2. The first kappa shape index (κ1) is 24.7. The van der Waals surface area contributed by atoms with E-state index in [2.05, 4.69) is 10.3 Å². The molecular formula is C30H28N4O5. The Kier molecular flexibility index (Phi) is 6.28. The number of urea groups is 1. The van der Waals surface area contributed by atoms with Crippen molar-refractivity contribution in [1.82, 2.24) is 15.2 Å². The number of carbonyl (C=O) groups is 3. The van der Waals surface area contributed by atoms with Crippen molar-refractivity contribution in [2.45, 2.75) is 18.5 Å². The van der Waals surface area contributed by atoms with E-state index in [1.54, 1.807) is 43.4 Å². The topological polar surface area (TPSA) is 104 Å². The lowest BCUT2D eigenvalue weighted by atomic mass is 9.89. The zero-order valence-electron chi connectivity index (χ0n) is 21.6. The van der Waals surface area contributed by atoms with Crippen molar-refractivity contribution >= 4 is 34.4 Å². The summed E-state index contributed by atoms with van der Waals surface area (Å²) in [7, 11) is 3.15. The highest BCUT2D eigenvalue weighted by molar-refractivity contribution is 6.24. The predicted octanol–water partition coefficient (Wildman–Crippen LogP) is 4.04. The number of imide groups is 1. The van der Waals surface area contributed by atoms with E-state index < -0.39 is 18.1 Å². The summed E-state index contributed by atoms with van der Waals surface area (Å²) in [5, 5.41) is 3.82. The van der Waals surface area contributed by atoms with Gasteiger partial charge in [-0.3, -0.25) is 14.5 Å². The van der Waals surface area contributed by atoms with Crippen LogP contribution in [-0.4, -0.2) is 61.1 Å². The van der Waals surface area contributed by atoms with Crippen LogP contribution in [0.5, 0.6) is 5.75 Å². The van der Waals surface area contributed by atoms with Gasteiger partial charge in [-0.1, -0.05) is 42.5 Å². The molecule has 0 aliphatic carbocycles. The number of aromatic amines is 1.